The number of aromatic nitrogens is 4. The van der Waals surface area contributed by atoms with E-state index >= 15 is 0 Å². The summed E-state index contributed by atoms with van der Waals surface area (Å²) in [5, 5.41) is -2.51. The van der Waals surface area contributed by atoms with Crippen molar-refractivity contribution in [3.05, 3.63) is 16.6 Å². The van der Waals surface area contributed by atoms with Gasteiger partial charge in [0.2, 0.25) is 0 Å². The molecule has 21 heavy (non-hydrogen) atoms. The highest BCUT2D eigenvalue weighted by Gasteiger charge is 2.43. The molecule has 116 valence electrons. The van der Waals surface area contributed by atoms with E-state index in [2.05, 4.69) is 15.0 Å². The maximum Gasteiger partial charge on any atom is 0.342 e. The molecule has 14 heteroatoms. The lowest BCUT2D eigenvalue weighted by Crippen LogP contribution is -2.17. The van der Waals surface area contributed by atoms with Crippen molar-refractivity contribution in [2.24, 2.45) is 0 Å². The average Bonchev–Trinajstić information content (AvgIpc) is 2.66. The van der Waals surface area contributed by atoms with Crippen LogP contribution in [-0.4, -0.2) is 44.5 Å². The molecular weight excluding hydrogens is 369 g/mol. The zero-order valence-electron chi connectivity index (χ0n) is 9.91. The minimum absolute atomic E-state index is 0.00343. The van der Waals surface area contributed by atoms with Crippen molar-refractivity contribution in [3.8, 4) is 0 Å². The number of fused-ring (bicyclic) bond motifs is 1. The molecule has 0 spiro atoms. The Kier molecular flexibility index (Phi) is 4.45. The third kappa shape index (κ3) is 3.61. The van der Waals surface area contributed by atoms with Crippen molar-refractivity contribution in [3.63, 3.8) is 0 Å². The van der Waals surface area contributed by atoms with Crippen molar-refractivity contribution in [2.45, 2.75) is 11.9 Å². The molecule has 2 aromatic heterocycles. The van der Waals surface area contributed by atoms with E-state index in [1.807, 2.05) is 0 Å². The highest BCUT2D eigenvalue weighted by molar-refractivity contribution is 7.70. The second kappa shape index (κ2) is 5.57. The summed E-state index contributed by atoms with van der Waals surface area (Å²) >= 11 is 11.3. The molecule has 0 aliphatic rings. The average molecular weight is 377 g/mol. The Labute approximate surface area is 127 Å². The van der Waals surface area contributed by atoms with E-state index < -0.39 is 27.1 Å². The van der Waals surface area contributed by atoms with Gasteiger partial charge in [0.1, 0.15) is 0 Å². The Hall–Kier alpha value is -0.570. The van der Waals surface area contributed by atoms with Crippen LogP contribution in [0.2, 0.25) is 10.3 Å². The summed E-state index contributed by atoms with van der Waals surface area (Å²) < 4.78 is 23.5. The lowest BCUT2D eigenvalue weighted by Gasteiger charge is -2.19. The van der Waals surface area contributed by atoms with Crippen LogP contribution in [0.4, 0.5) is 0 Å². The van der Waals surface area contributed by atoms with E-state index in [9.17, 15) is 9.13 Å². The van der Waals surface area contributed by atoms with Gasteiger partial charge in [0.05, 0.1) is 12.9 Å². The molecule has 0 atom stereocenters. The summed E-state index contributed by atoms with van der Waals surface area (Å²) in [7, 11) is -10.1. The maximum atomic E-state index is 11.2. The lowest BCUT2D eigenvalue weighted by atomic mass is 10.6. The van der Waals surface area contributed by atoms with Gasteiger partial charge < -0.3 is 24.1 Å². The van der Waals surface area contributed by atoms with Gasteiger partial charge in [0.15, 0.2) is 27.0 Å². The van der Waals surface area contributed by atoms with Gasteiger partial charge in [0.25, 0.3) is 0 Å². The second-order valence-corrected chi connectivity index (χ2v) is 8.73. The Bertz CT molecular complexity index is 763. The molecule has 0 fully saturated rings. The van der Waals surface area contributed by atoms with Gasteiger partial charge >= 0.3 is 15.2 Å². The van der Waals surface area contributed by atoms with E-state index in [4.69, 9.17) is 42.8 Å². The van der Waals surface area contributed by atoms with E-state index in [-0.39, 0.29) is 21.6 Å². The first-order chi connectivity index (χ1) is 9.50. The smallest absolute Gasteiger partial charge is 0.324 e. The molecule has 0 radical (unpaired) electrons. The van der Waals surface area contributed by atoms with Crippen molar-refractivity contribution >= 4 is 49.7 Å². The normalized spacial score (nSPS) is 13.3. The molecule has 4 N–H and O–H groups in total. The van der Waals surface area contributed by atoms with Gasteiger partial charge in [-0.2, -0.15) is 0 Å². The minimum atomic E-state index is -5.06. The molecule has 0 aliphatic heterocycles. The summed E-state index contributed by atoms with van der Waals surface area (Å²) in [6.45, 7) is -0.711. The Morgan fingerprint density at radius 2 is 1.62 bits per heavy atom. The van der Waals surface area contributed by atoms with Crippen LogP contribution in [0.5, 0.6) is 0 Å². The quantitative estimate of drug-likeness (QED) is 0.566. The van der Waals surface area contributed by atoms with Gasteiger partial charge in [-0.25, -0.2) is 15.0 Å². The number of imidazole rings is 1. The zero-order valence-corrected chi connectivity index (χ0v) is 13.2. The molecule has 0 saturated carbocycles. The monoisotopic (exact) mass is 376 g/mol. The Balaban J connectivity index is 2.50. The molecular formula is C7H8Cl2N4O6P2. The standard InChI is InChI=1S/C7H8Cl2N4O6P2/c8-4-5(9)12-7-6(11-4)10-2-13(7)1-3(20(14,15)16)21(17,18)19/h2-3H,1H2,(H2,14,15,16)(H2,17,18,19). The van der Waals surface area contributed by atoms with Crippen molar-refractivity contribution in [1.82, 2.24) is 19.5 Å². The third-order valence-corrected chi connectivity index (χ3v) is 6.81. The van der Waals surface area contributed by atoms with Crippen LogP contribution in [0.15, 0.2) is 6.33 Å². The largest absolute Gasteiger partial charge is 0.342 e. The fourth-order valence-electron chi connectivity index (χ4n) is 1.55. The first-order valence-electron chi connectivity index (χ1n) is 5.14. The summed E-state index contributed by atoms with van der Waals surface area (Å²) in [5.41, 5.74) is 0.0240. The summed E-state index contributed by atoms with van der Waals surface area (Å²) in [6.07, 6.45) is 1.08. The van der Waals surface area contributed by atoms with E-state index in [0.717, 1.165) is 10.9 Å². The van der Waals surface area contributed by atoms with Crippen molar-refractivity contribution in [1.29, 1.82) is 0 Å². The van der Waals surface area contributed by atoms with Crippen LogP contribution < -0.4 is 0 Å². The first kappa shape index (κ1) is 16.8. The van der Waals surface area contributed by atoms with Crippen LogP contribution in [0.1, 0.15) is 0 Å². The predicted octanol–water partition coefficient (Wildman–Crippen LogP) is 0.815. The molecule has 2 rings (SSSR count). The number of rotatable bonds is 4. The molecule has 0 unspecified atom stereocenters. The highest BCUT2D eigenvalue weighted by Crippen LogP contribution is 2.60. The maximum absolute atomic E-state index is 11.2. The number of hydrogen-bond donors (Lipinski definition) is 4. The molecule has 0 bridgehead atoms. The van der Waals surface area contributed by atoms with Crippen LogP contribution in [0.25, 0.3) is 11.3 Å². The van der Waals surface area contributed by atoms with Crippen molar-refractivity contribution < 1.29 is 28.7 Å². The van der Waals surface area contributed by atoms with E-state index in [1.54, 1.807) is 0 Å². The molecule has 2 aromatic rings. The zero-order chi connectivity index (χ0) is 16.0. The van der Waals surface area contributed by atoms with Gasteiger partial charge in [-0.15, -0.1) is 0 Å². The SMILES string of the molecule is O=P(O)(O)C(Cn1cnc2nc(Cl)c(Cl)nc21)P(=O)(O)O. The Morgan fingerprint density at radius 1 is 1.10 bits per heavy atom. The van der Waals surface area contributed by atoms with E-state index in [0.29, 0.717) is 0 Å². The van der Waals surface area contributed by atoms with Gasteiger partial charge in [-0.1, -0.05) is 23.2 Å². The highest BCUT2D eigenvalue weighted by atomic mass is 35.5. The van der Waals surface area contributed by atoms with Gasteiger partial charge in [-0.05, 0) is 0 Å². The fourth-order valence-corrected chi connectivity index (χ4v) is 4.14. The lowest BCUT2D eigenvalue weighted by molar-refractivity contribution is 0.332. The molecule has 2 heterocycles. The molecule has 10 nitrogen and oxygen atoms in total. The number of nitrogens with zero attached hydrogens (tertiary/aromatic N) is 4. The van der Waals surface area contributed by atoms with E-state index in [1.165, 1.54) is 0 Å². The van der Waals surface area contributed by atoms with Crippen LogP contribution in [0, 0.1) is 0 Å². The molecule has 0 saturated heterocycles. The van der Waals surface area contributed by atoms with Crippen LogP contribution in [0.3, 0.4) is 0 Å². The Morgan fingerprint density at radius 3 is 2.14 bits per heavy atom. The second-order valence-electron chi connectivity index (χ2n) is 4.01. The van der Waals surface area contributed by atoms with Gasteiger partial charge in [0, 0.05) is 0 Å². The third-order valence-electron chi connectivity index (χ3n) is 2.51. The summed E-state index contributed by atoms with van der Waals surface area (Å²) in [5.74, 6) is 0. The van der Waals surface area contributed by atoms with Crippen molar-refractivity contribution in [2.75, 3.05) is 0 Å². The topological polar surface area (TPSA) is 159 Å². The first-order valence-corrected chi connectivity index (χ1v) is 9.26. The minimum Gasteiger partial charge on any atom is -0.324 e. The fraction of sp³-hybridized carbons (Fsp3) is 0.286. The number of hydrogen-bond acceptors (Lipinski definition) is 5. The summed E-state index contributed by atoms with van der Waals surface area (Å²) in [6, 6.07) is 0. The number of halogens is 2. The molecule has 0 amide bonds. The molecule has 0 aliphatic carbocycles. The predicted molar refractivity (Wildman–Crippen MR) is 73.2 cm³/mol. The van der Waals surface area contributed by atoms with Crippen LogP contribution in [-0.2, 0) is 15.7 Å². The summed E-state index contributed by atoms with van der Waals surface area (Å²) in [4.78, 5) is 47.7. The van der Waals surface area contributed by atoms with Gasteiger partial charge in [-0.3, -0.25) is 9.13 Å². The molecule has 0 aromatic carbocycles. The van der Waals surface area contributed by atoms with Crippen LogP contribution >= 0.6 is 38.4 Å².